The Labute approximate surface area is 91.8 Å². The van der Waals surface area contributed by atoms with Gasteiger partial charge >= 0.3 is 0 Å². The van der Waals surface area contributed by atoms with Crippen molar-refractivity contribution in [3.63, 3.8) is 0 Å². The van der Waals surface area contributed by atoms with Gasteiger partial charge in [-0.3, -0.25) is 4.98 Å². The van der Waals surface area contributed by atoms with E-state index in [0.29, 0.717) is 6.54 Å². The third-order valence-electron chi connectivity index (χ3n) is 2.00. The van der Waals surface area contributed by atoms with Gasteiger partial charge < -0.3 is 5.32 Å². The number of aromatic nitrogens is 1. The van der Waals surface area contributed by atoms with E-state index in [-0.39, 0.29) is 5.82 Å². The second-order valence-corrected chi connectivity index (χ2v) is 4.03. The maximum Gasteiger partial charge on any atom is 0.141 e. The fourth-order valence-corrected chi connectivity index (χ4v) is 1.97. The number of hydrogen-bond donors (Lipinski definition) is 1. The number of rotatable bonds is 4. The lowest BCUT2D eigenvalue weighted by atomic mass is 10.2. The summed E-state index contributed by atoms with van der Waals surface area (Å²) in [5.74, 6) is -0.287. The molecule has 0 saturated carbocycles. The van der Waals surface area contributed by atoms with Crippen molar-refractivity contribution in [3.8, 4) is 0 Å². The molecule has 2 rings (SSSR count). The van der Waals surface area contributed by atoms with Crippen LogP contribution in [-0.2, 0) is 13.1 Å². The van der Waals surface area contributed by atoms with E-state index in [1.54, 1.807) is 17.5 Å². The van der Waals surface area contributed by atoms with Crippen LogP contribution in [0.2, 0.25) is 0 Å². The molecule has 0 unspecified atom stereocenters. The van der Waals surface area contributed by atoms with Crippen LogP contribution in [0.25, 0.3) is 0 Å². The van der Waals surface area contributed by atoms with E-state index in [9.17, 15) is 4.39 Å². The summed E-state index contributed by atoms with van der Waals surface area (Å²) in [4.78, 5) is 3.79. The predicted octanol–water partition coefficient (Wildman–Crippen LogP) is 2.57. The van der Waals surface area contributed by atoms with Crippen molar-refractivity contribution >= 4 is 11.3 Å². The third-order valence-corrected chi connectivity index (χ3v) is 2.73. The molecule has 0 atom stereocenters. The SMILES string of the molecule is Fc1cncc(CNCc2ccsc2)c1. The summed E-state index contributed by atoms with van der Waals surface area (Å²) in [6.07, 6.45) is 2.88. The second-order valence-electron chi connectivity index (χ2n) is 3.25. The van der Waals surface area contributed by atoms with E-state index < -0.39 is 0 Å². The normalized spacial score (nSPS) is 10.5. The minimum absolute atomic E-state index is 0.287. The third kappa shape index (κ3) is 3.11. The highest BCUT2D eigenvalue weighted by molar-refractivity contribution is 7.07. The molecule has 2 nitrogen and oxygen atoms in total. The highest BCUT2D eigenvalue weighted by Crippen LogP contribution is 2.06. The zero-order valence-corrected chi connectivity index (χ0v) is 8.93. The smallest absolute Gasteiger partial charge is 0.141 e. The number of hydrogen-bond acceptors (Lipinski definition) is 3. The quantitative estimate of drug-likeness (QED) is 0.860. The zero-order valence-electron chi connectivity index (χ0n) is 8.11. The molecule has 2 aromatic rings. The molecule has 1 N–H and O–H groups in total. The van der Waals surface area contributed by atoms with Crippen molar-refractivity contribution in [2.45, 2.75) is 13.1 Å². The minimum Gasteiger partial charge on any atom is -0.309 e. The fourth-order valence-electron chi connectivity index (χ4n) is 1.30. The van der Waals surface area contributed by atoms with E-state index in [2.05, 4.69) is 21.7 Å². The van der Waals surface area contributed by atoms with E-state index in [4.69, 9.17) is 0 Å². The molecule has 4 heteroatoms. The molecule has 0 fully saturated rings. The Hall–Kier alpha value is -1.26. The van der Waals surface area contributed by atoms with Gasteiger partial charge in [-0.1, -0.05) is 0 Å². The van der Waals surface area contributed by atoms with Crippen LogP contribution in [0.3, 0.4) is 0 Å². The molecule has 0 amide bonds. The van der Waals surface area contributed by atoms with Crippen LogP contribution < -0.4 is 5.32 Å². The van der Waals surface area contributed by atoms with E-state index in [1.165, 1.54) is 17.8 Å². The molecule has 0 aliphatic heterocycles. The van der Waals surface area contributed by atoms with Crippen LogP contribution in [0.4, 0.5) is 4.39 Å². The maximum absolute atomic E-state index is 12.8. The molecule has 0 aromatic carbocycles. The summed E-state index contributed by atoms with van der Waals surface area (Å²) >= 11 is 1.68. The standard InChI is InChI=1S/C11H11FN2S/c12-11-3-10(6-14-7-11)5-13-4-9-1-2-15-8-9/h1-3,6-8,13H,4-5H2. The topological polar surface area (TPSA) is 24.9 Å². The van der Waals surface area contributed by atoms with Crippen LogP contribution in [0, 0.1) is 5.82 Å². The Bertz CT molecular complexity index is 414. The lowest BCUT2D eigenvalue weighted by molar-refractivity contribution is 0.612. The first-order chi connectivity index (χ1) is 7.34. The molecule has 2 aromatic heterocycles. The largest absolute Gasteiger partial charge is 0.309 e. The van der Waals surface area contributed by atoms with Gasteiger partial charge in [0.05, 0.1) is 6.20 Å². The highest BCUT2D eigenvalue weighted by Gasteiger charge is 1.96. The molecule has 0 radical (unpaired) electrons. The molecule has 0 bridgehead atoms. The number of halogens is 1. The Morgan fingerprint density at radius 3 is 2.87 bits per heavy atom. The molecular formula is C11H11FN2S. The molecule has 2 heterocycles. The maximum atomic E-state index is 12.8. The van der Waals surface area contributed by atoms with Crippen molar-refractivity contribution in [2.75, 3.05) is 0 Å². The summed E-state index contributed by atoms with van der Waals surface area (Å²) in [5.41, 5.74) is 2.12. The minimum atomic E-state index is -0.287. The Morgan fingerprint density at radius 2 is 2.13 bits per heavy atom. The first-order valence-corrected chi connectivity index (χ1v) is 5.60. The van der Waals surface area contributed by atoms with Gasteiger partial charge in [-0.2, -0.15) is 11.3 Å². The van der Waals surface area contributed by atoms with E-state index in [1.807, 2.05) is 5.38 Å². The van der Waals surface area contributed by atoms with Crippen molar-refractivity contribution in [3.05, 3.63) is 52.2 Å². The molecule has 0 saturated heterocycles. The van der Waals surface area contributed by atoms with Crippen molar-refractivity contribution < 1.29 is 4.39 Å². The highest BCUT2D eigenvalue weighted by atomic mass is 32.1. The van der Waals surface area contributed by atoms with Crippen molar-refractivity contribution in [2.24, 2.45) is 0 Å². The predicted molar refractivity (Wildman–Crippen MR) is 59.1 cm³/mol. The first-order valence-electron chi connectivity index (χ1n) is 4.66. The molecule has 0 spiro atoms. The Kier molecular flexibility index (Phi) is 3.42. The number of nitrogens with zero attached hydrogens (tertiary/aromatic N) is 1. The van der Waals surface area contributed by atoms with Gasteiger partial charge in [-0.05, 0) is 34.0 Å². The van der Waals surface area contributed by atoms with Gasteiger partial charge in [-0.25, -0.2) is 4.39 Å². The van der Waals surface area contributed by atoms with E-state index >= 15 is 0 Å². The second kappa shape index (κ2) is 5.00. The lowest BCUT2D eigenvalue weighted by Gasteiger charge is -2.02. The van der Waals surface area contributed by atoms with Crippen molar-refractivity contribution in [1.82, 2.24) is 10.3 Å². The molecule has 0 aliphatic rings. The summed E-state index contributed by atoms with van der Waals surface area (Å²) in [6, 6.07) is 3.56. The van der Waals surface area contributed by atoms with Crippen LogP contribution in [-0.4, -0.2) is 4.98 Å². The molecule has 15 heavy (non-hydrogen) atoms. The number of nitrogens with one attached hydrogen (secondary N) is 1. The van der Waals surface area contributed by atoms with Crippen LogP contribution in [0.15, 0.2) is 35.3 Å². The fraction of sp³-hybridized carbons (Fsp3) is 0.182. The van der Waals surface area contributed by atoms with Gasteiger partial charge in [0.15, 0.2) is 0 Å². The van der Waals surface area contributed by atoms with Gasteiger partial charge in [0, 0.05) is 19.3 Å². The van der Waals surface area contributed by atoms with E-state index in [0.717, 1.165) is 12.1 Å². The summed E-state index contributed by atoms with van der Waals surface area (Å²) in [5, 5.41) is 7.37. The number of thiophene rings is 1. The first kappa shape index (κ1) is 10.3. The molecule has 0 aliphatic carbocycles. The average Bonchev–Trinajstić information content (AvgIpc) is 2.71. The van der Waals surface area contributed by atoms with Crippen molar-refractivity contribution in [1.29, 1.82) is 0 Å². The van der Waals surface area contributed by atoms with Gasteiger partial charge in [0.1, 0.15) is 5.82 Å². The van der Waals surface area contributed by atoms with Crippen LogP contribution in [0.5, 0.6) is 0 Å². The van der Waals surface area contributed by atoms with Gasteiger partial charge in [-0.15, -0.1) is 0 Å². The zero-order chi connectivity index (χ0) is 10.5. The summed E-state index contributed by atoms with van der Waals surface area (Å²) in [6.45, 7) is 1.45. The number of pyridine rings is 1. The Balaban J connectivity index is 1.83. The van der Waals surface area contributed by atoms with Crippen LogP contribution in [0.1, 0.15) is 11.1 Å². The van der Waals surface area contributed by atoms with Gasteiger partial charge in [0.25, 0.3) is 0 Å². The summed E-state index contributed by atoms with van der Waals surface area (Å²) < 4.78 is 12.8. The summed E-state index contributed by atoms with van der Waals surface area (Å²) in [7, 11) is 0. The van der Waals surface area contributed by atoms with Gasteiger partial charge in [0.2, 0.25) is 0 Å². The molecule has 78 valence electrons. The average molecular weight is 222 g/mol. The van der Waals surface area contributed by atoms with Crippen LogP contribution >= 0.6 is 11.3 Å². The monoisotopic (exact) mass is 222 g/mol. The molecular weight excluding hydrogens is 211 g/mol. The Morgan fingerprint density at radius 1 is 1.27 bits per heavy atom. The lowest BCUT2D eigenvalue weighted by Crippen LogP contribution is -2.12.